The van der Waals surface area contributed by atoms with Crippen molar-refractivity contribution in [2.45, 2.75) is 19.3 Å². The molecular weight excluding hydrogens is 445 g/mol. The lowest BCUT2D eigenvalue weighted by molar-refractivity contribution is -0.384. The molecule has 0 saturated carbocycles. The van der Waals surface area contributed by atoms with Gasteiger partial charge in [0.25, 0.3) is 11.6 Å². The van der Waals surface area contributed by atoms with Gasteiger partial charge in [-0.15, -0.1) is 0 Å². The molecule has 0 radical (unpaired) electrons. The fourth-order valence-corrected chi connectivity index (χ4v) is 4.51. The first-order valence-electron chi connectivity index (χ1n) is 11.2. The first kappa shape index (κ1) is 22.3. The number of halogens is 1. The van der Waals surface area contributed by atoms with E-state index < -0.39 is 11.1 Å². The summed E-state index contributed by atoms with van der Waals surface area (Å²) in [6, 6.07) is 29.9. The largest absolute Gasteiger partial charge is 0.342 e. The Morgan fingerprint density at radius 3 is 1.91 bits per heavy atom. The molecule has 1 atom stereocenters. The lowest BCUT2D eigenvalue weighted by atomic mass is 9.98. The molecule has 4 aromatic carbocycles. The number of nitro benzene ring substituents is 1. The monoisotopic (exact) mass is 467 g/mol. The van der Waals surface area contributed by atoms with Gasteiger partial charge < -0.3 is 9.80 Å². The highest BCUT2D eigenvalue weighted by Crippen LogP contribution is 2.42. The van der Waals surface area contributed by atoms with E-state index in [0.29, 0.717) is 12.2 Å². The molecule has 35 heavy (non-hydrogen) atoms. The molecule has 1 aliphatic heterocycles. The Bertz CT molecular complexity index is 1360. The van der Waals surface area contributed by atoms with Gasteiger partial charge in [-0.05, 0) is 34.9 Å². The van der Waals surface area contributed by atoms with Crippen LogP contribution in [0.25, 0.3) is 0 Å². The van der Waals surface area contributed by atoms with Crippen LogP contribution in [0.5, 0.6) is 0 Å². The fraction of sp³-hybridized carbons (Fsp3) is 0.107. The highest BCUT2D eigenvalue weighted by atomic mass is 19.1. The average molecular weight is 468 g/mol. The summed E-state index contributed by atoms with van der Waals surface area (Å²) in [5.41, 5.74) is 3.40. The van der Waals surface area contributed by atoms with Crippen molar-refractivity contribution in [2.75, 3.05) is 4.90 Å². The zero-order chi connectivity index (χ0) is 24.4. The van der Waals surface area contributed by atoms with Gasteiger partial charge in [0.15, 0.2) is 0 Å². The molecule has 5 rings (SSSR count). The number of rotatable bonds is 6. The molecule has 4 aromatic rings. The molecule has 174 valence electrons. The van der Waals surface area contributed by atoms with Crippen LogP contribution in [0, 0.1) is 15.9 Å². The number of fused-ring (bicyclic) bond motifs is 1. The number of nitrogens with zero attached hydrogens (tertiary/aromatic N) is 3. The molecule has 0 spiro atoms. The molecule has 0 saturated heterocycles. The topological polar surface area (TPSA) is 66.7 Å². The second-order valence-corrected chi connectivity index (χ2v) is 8.42. The highest BCUT2D eigenvalue weighted by molar-refractivity contribution is 6.02. The zero-order valence-corrected chi connectivity index (χ0v) is 18.8. The SMILES string of the molecule is O=C1c2cc([N+](=O)[O-])ccc2N(Cc2ccccc2)[C@H](c2ccc(F)cc2)N1Cc1ccccc1. The lowest BCUT2D eigenvalue weighted by Crippen LogP contribution is -2.48. The number of non-ortho nitro benzene ring substituents is 1. The van der Waals surface area contributed by atoms with Crippen LogP contribution in [0.15, 0.2) is 103 Å². The van der Waals surface area contributed by atoms with E-state index in [9.17, 15) is 19.3 Å². The number of amides is 1. The predicted molar refractivity (Wildman–Crippen MR) is 131 cm³/mol. The van der Waals surface area contributed by atoms with Crippen LogP contribution >= 0.6 is 0 Å². The predicted octanol–water partition coefficient (Wildman–Crippen LogP) is 6.10. The molecule has 1 amide bonds. The summed E-state index contributed by atoms with van der Waals surface area (Å²) < 4.78 is 13.8. The summed E-state index contributed by atoms with van der Waals surface area (Å²) >= 11 is 0. The van der Waals surface area contributed by atoms with Crippen molar-refractivity contribution in [3.8, 4) is 0 Å². The van der Waals surface area contributed by atoms with Gasteiger partial charge in [-0.2, -0.15) is 0 Å². The summed E-state index contributed by atoms with van der Waals surface area (Å²) in [6.45, 7) is 0.738. The van der Waals surface area contributed by atoms with E-state index in [1.165, 1.54) is 24.3 Å². The van der Waals surface area contributed by atoms with Crippen molar-refractivity contribution in [2.24, 2.45) is 0 Å². The summed E-state index contributed by atoms with van der Waals surface area (Å²) in [6.07, 6.45) is -0.544. The van der Waals surface area contributed by atoms with Gasteiger partial charge in [-0.25, -0.2) is 4.39 Å². The number of carbonyl (C=O) groups excluding carboxylic acids is 1. The molecule has 0 unspecified atom stereocenters. The number of nitro groups is 1. The molecule has 1 aliphatic rings. The van der Waals surface area contributed by atoms with Gasteiger partial charge in [-0.1, -0.05) is 72.8 Å². The van der Waals surface area contributed by atoms with E-state index in [4.69, 9.17) is 0 Å². The minimum atomic E-state index is -0.544. The normalized spacial score (nSPS) is 15.1. The Balaban J connectivity index is 1.69. The minimum absolute atomic E-state index is 0.142. The quantitative estimate of drug-likeness (QED) is 0.254. The standard InChI is InChI=1S/C28H22FN3O3/c29-23-13-11-22(12-14-23)27-30(18-20-7-3-1-4-8-20)26-16-15-24(32(34)35)17-25(26)28(33)31(27)19-21-9-5-2-6-10-21/h1-17,27H,18-19H2/t27-/m0/s1. The van der Waals surface area contributed by atoms with Crippen molar-refractivity contribution in [1.29, 1.82) is 0 Å². The Hall–Kier alpha value is -4.52. The number of hydrogen-bond acceptors (Lipinski definition) is 4. The van der Waals surface area contributed by atoms with Crippen LogP contribution in [0.4, 0.5) is 15.8 Å². The zero-order valence-electron chi connectivity index (χ0n) is 18.8. The Morgan fingerprint density at radius 1 is 0.771 bits per heavy atom. The third-order valence-electron chi connectivity index (χ3n) is 6.14. The summed E-state index contributed by atoms with van der Waals surface area (Å²) in [5.74, 6) is -0.678. The molecule has 7 heteroatoms. The maximum Gasteiger partial charge on any atom is 0.270 e. The van der Waals surface area contributed by atoms with Crippen molar-refractivity contribution in [1.82, 2.24) is 4.90 Å². The van der Waals surface area contributed by atoms with Crippen molar-refractivity contribution in [3.63, 3.8) is 0 Å². The van der Waals surface area contributed by atoms with Gasteiger partial charge in [0, 0.05) is 25.2 Å². The fourth-order valence-electron chi connectivity index (χ4n) is 4.51. The second kappa shape index (κ2) is 9.38. The third-order valence-corrected chi connectivity index (χ3v) is 6.14. The van der Waals surface area contributed by atoms with Crippen LogP contribution in [0.3, 0.4) is 0 Å². The highest BCUT2D eigenvalue weighted by Gasteiger charge is 2.39. The van der Waals surface area contributed by atoms with Crippen LogP contribution in [0.1, 0.15) is 33.2 Å². The van der Waals surface area contributed by atoms with Crippen LogP contribution < -0.4 is 4.90 Å². The van der Waals surface area contributed by atoms with Crippen molar-refractivity contribution >= 4 is 17.3 Å². The maximum absolute atomic E-state index is 13.8. The Kier molecular flexibility index (Phi) is 5.97. The van der Waals surface area contributed by atoms with Crippen LogP contribution in [0.2, 0.25) is 0 Å². The first-order chi connectivity index (χ1) is 17.0. The molecule has 0 fully saturated rings. The summed E-state index contributed by atoms with van der Waals surface area (Å²) in [4.78, 5) is 28.6. The van der Waals surface area contributed by atoms with Crippen molar-refractivity contribution < 1.29 is 14.1 Å². The Morgan fingerprint density at radius 2 is 1.34 bits per heavy atom. The van der Waals surface area contributed by atoms with E-state index in [-0.39, 0.29) is 29.5 Å². The van der Waals surface area contributed by atoms with E-state index in [0.717, 1.165) is 16.7 Å². The number of hydrogen-bond donors (Lipinski definition) is 0. The molecule has 0 aliphatic carbocycles. The molecule has 6 nitrogen and oxygen atoms in total. The van der Waals surface area contributed by atoms with E-state index in [1.54, 1.807) is 23.1 Å². The van der Waals surface area contributed by atoms with Crippen molar-refractivity contribution in [3.05, 3.63) is 141 Å². The van der Waals surface area contributed by atoms with Gasteiger partial charge in [0.1, 0.15) is 12.0 Å². The maximum atomic E-state index is 13.8. The molecular formula is C28H22FN3O3. The van der Waals surface area contributed by atoms with Gasteiger partial charge in [0.05, 0.1) is 16.2 Å². The summed E-state index contributed by atoms with van der Waals surface area (Å²) in [7, 11) is 0. The third kappa shape index (κ3) is 4.48. The number of anilines is 1. The Labute approximate surface area is 202 Å². The smallest absolute Gasteiger partial charge is 0.270 e. The van der Waals surface area contributed by atoms with Gasteiger partial charge in [0.2, 0.25) is 0 Å². The molecule has 0 bridgehead atoms. The van der Waals surface area contributed by atoms with Crippen LogP contribution in [-0.4, -0.2) is 15.7 Å². The number of carbonyl (C=O) groups is 1. The molecule has 0 N–H and O–H groups in total. The van der Waals surface area contributed by atoms with E-state index >= 15 is 0 Å². The first-order valence-corrected chi connectivity index (χ1v) is 11.2. The van der Waals surface area contributed by atoms with Gasteiger partial charge >= 0.3 is 0 Å². The lowest BCUT2D eigenvalue weighted by Gasteiger charge is -2.46. The number of benzene rings is 4. The second-order valence-electron chi connectivity index (χ2n) is 8.42. The van der Waals surface area contributed by atoms with E-state index in [2.05, 4.69) is 0 Å². The van der Waals surface area contributed by atoms with Crippen LogP contribution in [-0.2, 0) is 13.1 Å². The minimum Gasteiger partial charge on any atom is -0.342 e. The molecule has 0 aromatic heterocycles. The summed E-state index contributed by atoms with van der Waals surface area (Å²) in [5, 5.41) is 11.5. The van der Waals surface area contributed by atoms with Gasteiger partial charge in [-0.3, -0.25) is 14.9 Å². The average Bonchev–Trinajstić information content (AvgIpc) is 2.88. The van der Waals surface area contributed by atoms with E-state index in [1.807, 2.05) is 65.6 Å². The molecule has 1 heterocycles.